The van der Waals surface area contributed by atoms with E-state index in [1.807, 2.05) is 19.9 Å². The van der Waals surface area contributed by atoms with Crippen molar-refractivity contribution in [3.8, 4) is 0 Å². The van der Waals surface area contributed by atoms with Crippen LogP contribution in [0.15, 0.2) is 28.8 Å². The molecule has 1 aliphatic carbocycles. The van der Waals surface area contributed by atoms with Gasteiger partial charge in [0.05, 0.1) is 11.2 Å². The highest BCUT2D eigenvalue weighted by Crippen LogP contribution is 2.40. The molecule has 3 rings (SSSR count). The van der Waals surface area contributed by atoms with Crippen molar-refractivity contribution in [2.75, 3.05) is 0 Å². The van der Waals surface area contributed by atoms with Gasteiger partial charge in [-0.05, 0) is 31.7 Å². The first-order valence-corrected chi connectivity index (χ1v) is 8.48. The Hall–Kier alpha value is -2.17. The van der Waals surface area contributed by atoms with E-state index in [0.29, 0.717) is 22.6 Å². The Balaban J connectivity index is 1.97. The van der Waals surface area contributed by atoms with Crippen LogP contribution in [0.1, 0.15) is 72.8 Å². The van der Waals surface area contributed by atoms with Gasteiger partial charge in [0.1, 0.15) is 17.1 Å². The van der Waals surface area contributed by atoms with Crippen LogP contribution in [0.5, 0.6) is 0 Å². The molecular weight excluding hydrogens is 307 g/mol. The van der Waals surface area contributed by atoms with Crippen molar-refractivity contribution in [2.24, 2.45) is 0 Å². The zero-order valence-electron chi connectivity index (χ0n) is 14.4. The van der Waals surface area contributed by atoms with E-state index in [-0.39, 0.29) is 17.6 Å². The molecule has 1 aromatic carbocycles. The van der Waals surface area contributed by atoms with E-state index in [9.17, 15) is 9.18 Å². The highest BCUT2D eigenvalue weighted by atomic mass is 19.1. The molecule has 1 saturated carbocycles. The van der Waals surface area contributed by atoms with Crippen LogP contribution in [0.3, 0.4) is 0 Å². The highest BCUT2D eigenvalue weighted by Gasteiger charge is 2.40. The minimum Gasteiger partial charge on any atom is -0.361 e. The second-order valence-corrected chi connectivity index (χ2v) is 6.88. The molecule has 0 saturated heterocycles. The van der Waals surface area contributed by atoms with Gasteiger partial charge in [-0.3, -0.25) is 4.79 Å². The normalized spacial score (nSPS) is 16.5. The largest absolute Gasteiger partial charge is 0.361 e. The summed E-state index contributed by atoms with van der Waals surface area (Å²) in [5.74, 6) is 0.0718. The Morgan fingerprint density at radius 3 is 2.58 bits per heavy atom. The van der Waals surface area contributed by atoms with Crippen molar-refractivity contribution in [1.29, 1.82) is 0 Å². The summed E-state index contributed by atoms with van der Waals surface area (Å²) in [6, 6.07) is 6.70. The Bertz CT molecular complexity index is 746. The van der Waals surface area contributed by atoms with Gasteiger partial charge in [0.15, 0.2) is 0 Å². The van der Waals surface area contributed by atoms with Gasteiger partial charge in [0.25, 0.3) is 5.91 Å². The molecule has 0 atom stereocenters. The Labute approximate surface area is 141 Å². The van der Waals surface area contributed by atoms with E-state index >= 15 is 0 Å². The van der Waals surface area contributed by atoms with E-state index in [0.717, 1.165) is 25.7 Å². The summed E-state index contributed by atoms with van der Waals surface area (Å²) < 4.78 is 19.6. The molecule has 0 spiro atoms. The first kappa shape index (κ1) is 16.7. The van der Waals surface area contributed by atoms with Crippen molar-refractivity contribution in [2.45, 2.75) is 57.9 Å². The zero-order valence-corrected chi connectivity index (χ0v) is 14.4. The number of halogens is 1. The Morgan fingerprint density at radius 1 is 1.29 bits per heavy atom. The molecule has 1 aromatic heterocycles. The maximum Gasteiger partial charge on any atom is 0.257 e. The molecule has 1 aliphatic rings. The number of hydrogen-bond acceptors (Lipinski definition) is 3. The monoisotopic (exact) mass is 330 g/mol. The van der Waals surface area contributed by atoms with Crippen LogP contribution in [-0.4, -0.2) is 11.1 Å². The van der Waals surface area contributed by atoms with E-state index in [2.05, 4.69) is 10.5 Å². The summed E-state index contributed by atoms with van der Waals surface area (Å²) in [5, 5.41) is 7.12. The second-order valence-electron chi connectivity index (χ2n) is 6.88. The van der Waals surface area contributed by atoms with Crippen molar-refractivity contribution in [1.82, 2.24) is 10.5 Å². The van der Waals surface area contributed by atoms with Crippen LogP contribution in [0, 0.1) is 12.7 Å². The number of amides is 1. The quantitative estimate of drug-likeness (QED) is 0.901. The van der Waals surface area contributed by atoms with E-state index < -0.39 is 5.54 Å². The number of benzene rings is 1. The molecule has 0 bridgehead atoms. The molecule has 1 amide bonds. The zero-order chi connectivity index (χ0) is 17.3. The molecule has 1 heterocycles. The van der Waals surface area contributed by atoms with Crippen LogP contribution < -0.4 is 5.32 Å². The second kappa shape index (κ2) is 6.38. The lowest BCUT2D eigenvalue weighted by Crippen LogP contribution is -2.44. The molecule has 1 fully saturated rings. The summed E-state index contributed by atoms with van der Waals surface area (Å²) in [4.78, 5) is 13.0. The molecule has 5 heteroatoms. The number of carbonyl (C=O) groups excluding carboxylic acids is 1. The van der Waals surface area contributed by atoms with Gasteiger partial charge in [-0.2, -0.15) is 0 Å². The lowest BCUT2D eigenvalue weighted by atomic mass is 9.87. The van der Waals surface area contributed by atoms with Crippen LogP contribution in [0.25, 0.3) is 0 Å². The van der Waals surface area contributed by atoms with Gasteiger partial charge >= 0.3 is 0 Å². The molecule has 0 radical (unpaired) electrons. The van der Waals surface area contributed by atoms with Crippen LogP contribution in [-0.2, 0) is 5.54 Å². The van der Waals surface area contributed by atoms with Crippen molar-refractivity contribution in [3.63, 3.8) is 0 Å². The van der Waals surface area contributed by atoms with Gasteiger partial charge in [0.2, 0.25) is 0 Å². The Kier molecular flexibility index (Phi) is 4.43. The van der Waals surface area contributed by atoms with Gasteiger partial charge in [0, 0.05) is 5.56 Å². The molecule has 0 aliphatic heterocycles. The number of aromatic nitrogens is 1. The van der Waals surface area contributed by atoms with Gasteiger partial charge < -0.3 is 9.84 Å². The average Bonchev–Trinajstić information content (AvgIpc) is 3.15. The smallest absolute Gasteiger partial charge is 0.257 e. The predicted molar refractivity (Wildman–Crippen MR) is 89.3 cm³/mol. The first-order chi connectivity index (χ1) is 11.4. The molecule has 4 nitrogen and oxygen atoms in total. The Morgan fingerprint density at radius 2 is 1.96 bits per heavy atom. The third-order valence-electron chi connectivity index (χ3n) is 4.86. The molecule has 0 unspecified atom stereocenters. The molecule has 2 aromatic rings. The minimum absolute atomic E-state index is 0.0798. The number of aryl methyl sites for hydroxylation is 1. The topological polar surface area (TPSA) is 55.1 Å². The lowest BCUT2D eigenvalue weighted by Gasteiger charge is -2.31. The first-order valence-electron chi connectivity index (χ1n) is 8.48. The van der Waals surface area contributed by atoms with E-state index in [1.165, 1.54) is 6.07 Å². The number of nitrogens with zero attached hydrogens (tertiary/aromatic N) is 1. The summed E-state index contributed by atoms with van der Waals surface area (Å²) in [6.45, 7) is 5.67. The van der Waals surface area contributed by atoms with Crippen LogP contribution >= 0.6 is 0 Å². The maximum atomic E-state index is 14.4. The maximum absolute atomic E-state index is 14.4. The van der Waals surface area contributed by atoms with E-state index in [1.54, 1.807) is 19.1 Å². The standard InChI is InChI=1S/C19H23FN2O2/c1-12(2)17-16(13(3)24-22-17)18(23)21-19(10-6-7-11-19)14-8-4-5-9-15(14)20/h4-5,8-9,12H,6-7,10-11H2,1-3H3,(H,21,23). The summed E-state index contributed by atoms with van der Waals surface area (Å²) in [7, 11) is 0. The third kappa shape index (κ3) is 2.83. The fourth-order valence-electron chi connectivity index (χ4n) is 3.63. The SMILES string of the molecule is Cc1onc(C(C)C)c1C(=O)NC1(c2ccccc2F)CCCC1. The van der Waals surface area contributed by atoms with Crippen LogP contribution in [0.2, 0.25) is 0 Å². The predicted octanol–water partition coefficient (Wildman–Crippen LogP) is 4.44. The third-order valence-corrected chi connectivity index (χ3v) is 4.86. The summed E-state index contributed by atoms with van der Waals surface area (Å²) in [6.07, 6.45) is 3.41. The van der Waals surface area contributed by atoms with Crippen LogP contribution in [0.4, 0.5) is 4.39 Å². The molecule has 1 N–H and O–H groups in total. The number of carbonyl (C=O) groups is 1. The summed E-state index contributed by atoms with van der Waals surface area (Å²) >= 11 is 0. The fourth-order valence-corrected chi connectivity index (χ4v) is 3.63. The fraction of sp³-hybridized carbons (Fsp3) is 0.474. The number of hydrogen-bond donors (Lipinski definition) is 1. The molecular formula is C19H23FN2O2. The van der Waals surface area contributed by atoms with E-state index in [4.69, 9.17) is 4.52 Å². The average molecular weight is 330 g/mol. The highest BCUT2D eigenvalue weighted by molar-refractivity contribution is 5.97. The number of rotatable bonds is 4. The summed E-state index contributed by atoms with van der Waals surface area (Å²) in [5.41, 5.74) is 1.04. The molecule has 24 heavy (non-hydrogen) atoms. The van der Waals surface area contributed by atoms with Gasteiger partial charge in [-0.1, -0.05) is 50.0 Å². The minimum atomic E-state index is -0.652. The molecule has 128 valence electrons. The lowest BCUT2D eigenvalue weighted by molar-refractivity contribution is 0.0893. The van der Waals surface area contributed by atoms with Crippen molar-refractivity contribution < 1.29 is 13.7 Å². The van der Waals surface area contributed by atoms with Crippen molar-refractivity contribution in [3.05, 3.63) is 52.7 Å². The van der Waals surface area contributed by atoms with Gasteiger partial charge in [-0.25, -0.2) is 4.39 Å². The van der Waals surface area contributed by atoms with Crippen molar-refractivity contribution >= 4 is 5.91 Å². The van der Waals surface area contributed by atoms with Gasteiger partial charge in [-0.15, -0.1) is 0 Å². The number of nitrogens with one attached hydrogen (secondary N) is 1.